The van der Waals surface area contributed by atoms with Crippen molar-refractivity contribution in [1.82, 2.24) is 20.2 Å². The Hall–Kier alpha value is -3.68. The first-order valence-corrected chi connectivity index (χ1v) is 15.3. The van der Waals surface area contributed by atoms with Gasteiger partial charge >= 0.3 is 0 Å². The first-order valence-electron chi connectivity index (χ1n) is 14.3. The van der Waals surface area contributed by atoms with Gasteiger partial charge in [0.15, 0.2) is 5.16 Å². The first kappa shape index (κ1) is 28.8. The number of rotatable bonds is 9. The van der Waals surface area contributed by atoms with Crippen LogP contribution < -0.4 is 10.2 Å². The Morgan fingerprint density at radius 3 is 2.07 bits per heavy atom. The van der Waals surface area contributed by atoms with Crippen molar-refractivity contribution in [3.05, 3.63) is 119 Å². The minimum Gasteiger partial charge on any atom is -0.354 e. The second-order valence-electron chi connectivity index (χ2n) is 11.5. The molecule has 0 aliphatic carbocycles. The van der Waals surface area contributed by atoms with Gasteiger partial charge in [0.05, 0.1) is 5.69 Å². The van der Waals surface area contributed by atoms with E-state index in [1.54, 1.807) is 11.8 Å². The van der Waals surface area contributed by atoms with Gasteiger partial charge in [0.2, 0.25) is 0 Å². The number of carbonyl (C=O) groups is 1. The Morgan fingerprint density at radius 2 is 1.44 bits per heavy atom. The summed E-state index contributed by atoms with van der Waals surface area (Å²) >= 11 is 1.65. The summed E-state index contributed by atoms with van der Waals surface area (Å²) in [5.74, 6) is 1.68. The van der Waals surface area contributed by atoms with Crippen LogP contribution in [0.1, 0.15) is 53.5 Å². The molecular weight excluding hydrogens is 526 g/mol. The summed E-state index contributed by atoms with van der Waals surface area (Å²) in [6.45, 7) is 12.0. The normalized spacial score (nSPS) is 14.2. The number of hydrogen-bond acceptors (Lipinski definition) is 6. The van der Waals surface area contributed by atoms with Crippen molar-refractivity contribution < 1.29 is 4.79 Å². The molecule has 1 N–H and O–H groups in total. The van der Waals surface area contributed by atoms with E-state index in [4.69, 9.17) is 9.97 Å². The maximum atomic E-state index is 12.6. The van der Waals surface area contributed by atoms with E-state index in [2.05, 4.69) is 72.3 Å². The zero-order chi connectivity index (χ0) is 28.7. The summed E-state index contributed by atoms with van der Waals surface area (Å²) in [5, 5.41) is 3.79. The standard InChI is InChI=1S/C34H39N5OS/c1-34(2,3)30-22-31(39-20-18-38(19-21-39)24-27-12-8-5-9-13-27)37-33(36-30)41-25-28-14-16-29(17-15-28)32(40)35-23-26-10-6-4-7-11-26/h4-17,22H,18-21,23-25H2,1-3H3,(H,35,40). The fourth-order valence-electron chi connectivity index (χ4n) is 4.78. The van der Waals surface area contributed by atoms with Crippen LogP contribution in [0.2, 0.25) is 0 Å². The van der Waals surface area contributed by atoms with Gasteiger partial charge < -0.3 is 10.2 Å². The molecule has 1 fully saturated rings. The largest absolute Gasteiger partial charge is 0.354 e. The van der Waals surface area contributed by atoms with Crippen molar-refractivity contribution in [2.24, 2.45) is 0 Å². The number of nitrogens with zero attached hydrogens (tertiary/aromatic N) is 4. The van der Waals surface area contributed by atoms with Gasteiger partial charge in [-0.05, 0) is 28.8 Å². The lowest BCUT2D eigenvalue weighted by atomic mass is 9.92. The fraction of sp³-hybridized carbons (Fsp3) is 0.324. The third kappa shape index (κ3) is 8.18. The van der Waals surface area contributed by atoms with Crippen molar-refractivity contribution in [2.75, 3.05) is 31.1 Å². The molecule has 0 bridgehead atoms. The predicted molar refractivity (Wildman–Crippen MR) is 168 cm³/mol. The molecule has 6 nitrogen and oxygen atoms in total. The Balaban J connectivity index is 1.20. The van der Waals surface area contributed by atoms with Crippen LogP contribution >= 0.6 is 11.8 Å². The topological polar surface area (TPSA) is 61.4 Å². The van der Waals surface area contributed by atoms with Crippen molar-refractivity contribution in [1.29, 1.82) is 0 Å². The lowest BCUT2D eigenvalue weighted by molar-refractivity contribution is 0.0951. The smallest absolute Gasteiger partial charge is 0.251 e. The lowest BCUT2D eigenvalue weighted by Crippen LogP contribution is -2.46. The molecule has 1 aliphatic rings. The number of nitrogens with one attached hydrogen (secondary N) is 1. The highest BCUT2D eigenvalue weighted by atomic mass is 32.2. The van der Waals surface area contributed by atoms with E-state index in [-0.39, 0.29) is 11.3 Å². The third-order valence-electron chi connectivity index (χ3n) is 7.29. The highest BCUT2D eigenvalue weighted by Crippen LogP contribution is 2.29. The van der Waals surface area contributed by atoms with Gasteiger partial charge in [-0.2, -0.15) is 0 Å². The van der Waals surface area contributed by atoms with E-state index < -0.39 is 0 Å². The van der Waals surface area contributed by atoms with E-state index in [1.807, 2.05) is 54.6 Å². The molecule has 0 atom stereocenters. The molecule has 0 saturated carbocycles. The van der Waals surface area contributed by atoms with Crippen LogP contribution in [-0.2, 0) is 24.3 Å². The fourth-order valence-corrected chi connectivity index (χ4v) is 5.59. The maximum absolute atomic E-state index is 12.6. The van der Waals surface area contributed by atoms with Crippen molar-refractivity contribution in [3.8, 4) is 0 Å². The molecule has 0 spiro atoms. The molecule has 7 heteroatoms. The molecule has 1 aromatic heterocycles. The molecule has 1 aliphatic heterocycles. The van der Waals surface area contributed by atoms with Crippen LogP contribution in [0.4, 0.5) is 5.82 Å². The predicted octanol–water partition coefficient (Wildman–Crippen LogP) is 6.32. The average molecular weight is 566 g/mol. The van der Waals surface area contributed by atoms with E-state index in [9.17, 15) is 4.79 Å². The van der Waals surface area contributed by atoms with Crippen LogP contribution in [0.5, 0.6) is 0 Å². The Kier molecular flexibility index (Phi) is 9.37. The zero-order valence-electron chi connectivity index (χ0n) is 24.2. The molecular formula is C34H39N5OS. The van der Waals surface area contributed by atoms with Gasteiger partial charge in [0.1, 0.15) is 5.82 Å². The summed E-state index contributed by atoms with van der Waals surface area (Å²) in [6.07, 6.45) is 0. The number of piperazine rings is 1. The number of aromatic nitrogens is 2. The minimum atomic E-state index is -0.0725. The van der Waals surface area contributed by atoms with Gasteiger partial charge in [-0.1, -0.05) is 105 Å². The second kappa shape index (κ2) is 13.3. The van der Waals surface area contributed by atoms with Crippen molar-refractivity contribution in [3.63, 3.8) is 0 Å². The van der Waals surface area contributed by atoms with E-state index in [0.29, 0.717) is 12.1 Å². The summed E-state index contributed by atoms with van der Waals surface area (Å²) in [6, 6.07) is 30.6. The Bertz CT molecular complexity index is 1410. The molecule has 212 valence electrons. The molecule has 41 heavy (non-hydrogen) atoms. The van der Waals surface area contributed by atoms with Crippen LogP contribution in [0, 0.1) is 0 Å². The second-order valence-corrected chi connectivity index (χ2v) is 12.5. The number of anilines is 1. The highest BCUT2D eigenvalue weighted by molar-refractivity contribution is 7.98. The molecule has 3 aromatic carbocycles. The molecule has 0 radical (unpaired) electrons. The molecule has 5 rings (SSSR count). The summed E-state index contributed by atoms with van der Waals surface area (Å²) in [7, 11) is 0. The number of benzene rings is 3. The number of carbonyl (C=O) groups excluding carboxylic acids is 1. The Morgan fingerprint density at radius 1 is 0.805 bits per heavy atom. The summed E-state index contributed by atoms with van der Waals surface area (Å²) in [4.78, 5) is 27.4. The lowest BCUT2D eigenvalue weighted by Gasteiger charge is -2.36. The zero-order valence-corrected chi connectivity index (χ0v) is 25.0. The van der Waals surface area contributed by atoms with Gasteiger partial charge in [-0.25, -0.2) is 9.97 Å². The van der Waals surface area contributed by atoms with E-state index in [1.165, 1.54) is 5.56 Å². The highest BCUT2D eigenvalue weighted by Gasteiger charge is 2.23. The quantitative estimate of drug-likeness (QED) is 0.189. The maximum Gasteiger partial charge on any atom is 0.251 e. The van der Waals surface area contributed by atoms with E-state index in [0.717, 1.165) is 66.3 Å². The van der Waals surface area contributed by atoms with Gasteiger partial charge in [-0.3, -0.25) is 9.69 Å². The number of thioether (sulfide) groups is 1. The number of amides is 1. The summed E-state index contributed by atoms with van der Waals surface area (Å²) < 4.78 is 0. The van der Waals surface area contributed by atoms with Crippen LogP contribution in [-0.4, -0.2) is 47.0 Å². The van der Waals surface area contributed by atoms with Crippen molar-refractivity contribution in [2.45, 2.75) is 50.2 Å². The van der Waals surface area contributed by atoms with Gasteiger partial charge in [0.25, 0.3) is 5.91 Å². The van der Waals surface area contributed by atoms with Gasteiger partial charge in [0, 0.05) is 62.1 Å². The first-order chi connectivity index (χ1) is 19.8. The van der Waals surface area contributed by atoms with Crippen molar-refractivity contribution >= 4 is 23.5 Å². The SMILES string of the molecule is CC(C)(C)c1cc(N2CCN(Cc3ccccc3)CC2)nc(SCc2ccc(C(=O)NCc3ccccc3)cc2)n1. The number of hydrogen-bond donors (Lipinski definition) is 1. The van der Waals surface area contributed by atoms with Crippen LogP contribution in [0.25, 0.3) is 0 Å². The Labute approximate surface area is 248 Å². The average Bonchev–Trinajstić information content (AvgIpc) is 3.00. The third-order valence-corrected chi connectivity index (χ3v) is 8.20. The minimum absolute atomic E-state index is 0.0669. The molecule has 1 amide bonds. The van der Waals surface area contributed by atoms with Crippen LogP contribution in [0.15, 0.2) is 96.2 Å². The monoisotopic (exact) mass is 565 g/mol. The summed E-state index contributed by atoms with van der Waals surface area (Å²) in [5.41, 5.74) is 5.22. The molecule has 1 saturated heterocycles. The molecule has 4 aromatic rings. The van der Waals surface area contributed by atoms with E-state index >= 15 is 0 Å². The molecule has 2 heterocycles. The van der Waals surface area contributed by atoms with Crippen LogP contribution in [0.3, 0.4) is 0 Å². The van der Waals surface area contributed by atoms with Gasteiger partial charge in [-0.15, -0.1) is 0 Å². The molecule has 0 unspecified atom stereocenters.